The number of carbonyl (C=O) groups is 1. The third-order valence-corrected chi connectivity index (χ3v) is 5.04. The lowest BCUT2D eigenvalue weighted by Gasteiger charge is -2.37. The van der Waals surface area contributed by atoms with Crippen LogP contribution in [0.3, 0.4) is 0 Å². The highest BCUT2D eigenvalue weighted by Gasteiger charge is 2.36. The number of hydrogen-bond acceptors (Lipinski definition) is 4. The monoisotopic (exact) mass is 266 g/mol. The highest BCUT2D eigenvalue weighted by Crippen LogP contribution is 2.39. The van der Waals surface area contributed by atoms with Gasteiger partial charge in [-0.15, -0.1) is 11.3 Å². The molecule has 1 aliphatic carbocycles. The summed E-state index contributed by atoms with van der Waals surface area (Å²) in [7, 11) is 0. The van der Waals surface area contributed by atoms with Crippen molar-refractivity contribution >= 4 is 22.4 Å². The van der Waals surface area contributed by atoms with E-state index in [0.29, 0.717) is 11.7 Å². The van der Waals surface area contributed by atoms with E-state index in [1.54, 1.807) is 11.3 Å². The first-order valence-electron chi connectivity index (χ1n) is 6.67. The molecule has 1 saturated heterocycles. The fourth-order valence-electron chi connectivity index (χ4n) is 3.36. The van der Waals surface area contributed by atoms with Crippen LogP contribution in [-0.2, 0) is 11.2 Å². The predicted octanol–water partition coefficient (Wildman–Crippen LogP) is 2.54. The smallest absolute Gasteiger partial charge is 0.309 e. The number of carboxylic acids is 1. The number of rotatable bonds is 3. The molecule has 4 nitrogen and oxygen atoms in total. The molecule has 3 rings (SSSR count). The van der Waals surface area contributed by atoms with Gasteiger partial charge in [-0.05, 0) is 31.6 Å². The van der Waals surface area contributed by atoms with Crippen LogP contribution in [-0.4, -0.2) is 28.6 Å². The average molecular weight is 266 g/mol. The molecular weight excluding hydrogens is 248 g/mol. The first kappa shape index (κ1) is 12.0. The quantitative estimate of drug-likeness (QED) is 0.913. The van der Waals surface area contributed by atoms with Gasteiger partial charge in [0.15, 0.2) is 5.13 Å². The number of hydrogen-bond donors (Lipinski definition) is 1. The maximum Gasteiger partial charge on any atom is 0.309 e. The van der Waals surface area contributed by atoms with Crippen LogP contribution in [0.25, 0.3) is 0 Å². The number of aromatic nitrogens is 1. The van der Waals surface area contributed by atoms with Crippen LogP contribution in [0.15, 0.2) is 5.38 Å². The highest BCUT2D eigenvalue weighted by atomic mass is 32.1. The lowest BCUT2D eigenvalue weighted by atomic mass is 9.92. The zero-order chi connectivity index (χ0) is 12.5. The van der Waals surface area contributed by atoms with Gasteiger partial charge in [0.1, 0.15) is 0 Å². The second-order valence-electron chi connectivity index (χ2n) is 5.29. The van der Waals surface area contributed by atoms with Gasteiger partial charge < -0.3 is 10.0 Å². The molecule has 2 atom stereocenters. The van der Waals surface area contributed by atoms with Crippen molar-refractivity contribution in [2.45, 2.75) is 44.6 Å². The van der Waals surface area contributed by atoms with Crippen LogP contribution in [0.1, 0.15) is 37.8 Å². The Balaban J connectivity index is 1.76. The minimum absolute atomic E-state index is 0.0401. The molecule has 2 heterocycles. The summed E-state index contributed by atoms with van der Waals surface area (Å²) < 4.78 is 0. The first-order chi connectivity index (χ1) is 8.74. The van der Waals surface area contributed by atoms with Crippen molar-refractivity contribution in [3.05, 3.63) is 11.1 Å². The average Bonchev–Trinajstić information content (AvgIpc) is 2.95. The summed E-state index contributed by atoms with van der Waals surface area (Å²) in [5, 5.41) is 11.7. The minimum atomic E-state index is -0.802. The molecule has 1 N–H and O–H groups in total. The molecule has 2 unspecified atom stereocenters. The van der Waals surface area contributed by atoms with Crippen molar-refractivity contribution in [3.8, 4) is 0 Å². The summed E-state index contributed by atoms with van der Waals surface area (Å²) in [6.07, 6.45) is 6.61. The van der Waals surface area contributed by atoms with E-state index in [0.717, 1.165) is 17.6 Å². The van der Waals surface area contributed by atoms with Gasteiger partial charge in [0.25, 0.3) is 0 Å². The lowest BCUT2D eigenvalue weighted by molar-refractivity contribution is -0.136. The Bertz CT molecular complexity index is 446. The topological polar surface area (TPSA) is 53.4 Å². The Morgan fingerprint density at radius 1 is 1.44 bits per heavy atom. The van der Waals surface area contributed by atoms with Gasteiger partial charge in [0.05, 0.1) is 12.1 Å². The van der Waals surface area contributed by atoms with Crippen LogP contribution < -0.4 is 4.90 Å². The van der Waals surface area contributed by atoms with Crippen molar-refractivity contribution in [2.24, 2.45) is 5.92 Å². The lowest BCUT2D eigenvalue weighted by Crippen LogP contribution is -2.42. The molecule has 18 heavy (non-hydrogen) atoms. The van der Waals surface area contributed by atoms with Gasteiger partial charge in [-0.2, -0.15) is 0 Å². The van der Waals surface area contributed by atoms with Crippen molar-refractivity contribution in [1.82, 2.24) is 4.98 Å². The Kier molecular flexibility index (Phi) is 3.24. The molecule has 0 aromatic carbocycles. The molecule has 2 fully saturated rings. The number of aliphatic carboxylic acids is 1. The van der Waals surface area contributed by atoms with E-state index < -0.39 is 5.97 Å². The van der Waals surface area contributed by atoms with E-state index in [1.165, 1.54) is 32.1 Å². The van der Waals surface area contributed by atoms with E-state index in [9.17, 15) is 4.79 Å². The third kappa shape index (κ3) is 2.23. The summed E-state index contributed by atoms with van der Waals surface area (Å²) >= 11 is 1.60. The van der Waals surface area contributed by atoms with Crippen LogP contribution >= 0.6 is 11.3 Å². The summed E-state index contributed by atoms with van der Waals surface area (Å²) in [6.45, 7) is 1.08. The predicted molar refractivity (Wildman–Crippen MR) is 71.2 cm³/mol. The van der Waals surface area contributed by atoms with Gasteiger partial charge in [0, 0.05) is 18.0 Å². The Morgan fingerprint density at radius 3 is 3.11 bits per heavy atom. The summed E-state index contributed by atoms with van der Waals surface area (Å²) in [5.74, 6) is 0.0369. The Morgan fingerprint density at radius 2 is 2.28 bits per heavy atom. The first-order valence-corrected chi connectivity index (χ1v) is 7.55. The molecule has 98 valence electrons. The molecule has 5 heteroatoms. The SMILES string of the molecule is O=C(O)Cc1csc(N2CCCC3CCCC32)n1. The van der Waals surface area contributed by atoms with E-state index >= 15 is 0 Å². The van der Waals surface area contributed by atoms with Crippen molar-refractivity contribution in [3.63, 3.8) is 0 Å². The molecule has 0 bridgehead atoms. The van der Waals surface area contributed by atoms with Gasteiger partial charge in [-0.3, -0.25) is 4.79 Å². The van der Waals surface area contributed by atoms with Crippen LogP contribution in [0.4, 0.5) is 5.13 Å². The van der Waals surface area contributed by atoms with Crippen LogP contribution in [0, 0.1) is 5.92 Å². The van der Waals surface area contributed by atoms with E-state index in [-0.39, 0.29) is 6.42 Å². The zero-order valence-electron chi connectivity index (χ0n) is 10.3. The number of thiazole rings is 1. The molecule has 1 saturated carbocycles. The number of piperidine rings is 1. The maximum atomic E-state index is 10.7. The summed E-state index contributed by atoms with van der Waals surface area (Å²) in [5.41, 5.74) is 0.697. The van der Waals surface area contributed by atoms with E-state index in [1.807, 2.05) is 5.38 Å². The number of carboxylic acid groups (broad SMARTS) is 1. The van der Waals surface area contributed by atoms with Crippen LogP contribution in [0.2, 0.25) is 0 Å². The van der Waals surface area contributed by atoms with Crippen molar-refractivity contribution in [2.75, 3.05) is 11.4 Å². The van der Waals surface area contributed by atoms with E-state index in [2.05, 4.69) is 9.88 Å². The summed E-state index contributed by atoms with van der Waals surface area (Å²) in [4.78, 5) is 17.6. The molecule has 0 spiro atoms. The number of anilines is 1. The number of fused-ring (bicyclic) bond motifs is 1. The van der Waals surface area contributed by atoms with Gasteiger partial charge >= 0.3 is 5.97 Å². The Hall–Kier alpha value is -1.10. The van der Waals surface area contributed by atoms with E-state index in [4.69, 9.17) is 5.11 Å². The molecule has 1 aromatic rings. The standard InChI is InChI=1S/C13H18N2O2S/c16-12(17)7-10-8-18-13(14-10)15-6-2-4-9-3-1-5-11(9)15/h8-9,11H,1-7H2,(H,16,17). The van der Waals surface area contributed by atoms with Gasteiger partial charge in [-0.1, -0.05) is 6.42 Å². The molecule has 2 aliphatic rings. The van der Waals surface area contributed by atoms with Crippen molar-refractivity contribution < 1.29 is 9.90 Å². The normalized spacial score (nSPS) is 27.2. The highest BCUT2D eigenvalue weighted by molar-refractivity contribution is 7.13. The van der Waals surface area contributed by atoms with Gasteiger partial charge in [-0.25, -0.2) is 4.98 Å². The molecule has 1 aliphatic heterocycles. The zero-order valence-corrected chi connectivity index (χ0v) is 11.2. The molecule has 0 amide bonds. The third-order valence-electron chi connectivity index (χ3n) is 4.11. The number of nitrogens with zero attached hydrogens (tertiary/aromatic N) is 2. The minimum Gasteiger partial charge on any atom is -0.481 e. The molecular formula is C13H18N2O2S. The summed E-state index contributed by atoms with van der Waals surface area (Å²) in [6, 6.07) is 0.655. The second-order valence-corrected chi connectivity index (χ2v) is 6.12. The van der Waals surface area contributed by atoms with Gasteiger partial charge in [0.2, 0.25) is 0 Å². The largest absolute Gasteiger partial charge is 0.481 e. The second kappa shape index (κ2) is 4.88. The maximum absolute atomic E-state index is 10.7. The van der Waals surface area contributed by atoms with Crippen molar-refractivity contribution in [1.29, 1.82) is 0 Å². The van der Waals surface area contributed by atoms with Crippen LogP contribution in [0.5, 0.6) is 0 Å². The Labute approximate surface area is 111 Å². The fourth-order valence-corrected chi connectivity index (χ4v) is 4.27. The molecule has 1 aromatic heterocycles. The fraction of sp³-hybridized carbons (Fsp3) is 0.692. The molecule has 0 radical (unpaired) electrons.